The van der Waals surface area contributed by atoms with Crippen LogP contribution in [0.15, 0.2) is 18.2 Å². The van der Waals surface area contributed by atoms with Crippen LogP contribution in [0.3, 0.4) is 0 Å². The summed E-state index contributed by atoms with van der Waals surface area (Å²) in [6.07, 6.45) is 0. The summed E-state index contributed by atoms with van der Waals surface area (Å²) in [4.78, 5) is 0. The van der Waals surface area contributed by atoms with Crippen LogP contribution in [-0.2, 0) is 15.6 Å². The molecule has 0 bridgehead atoms. The third-order valence-corrected chi connectivity index (χ3v) is 3.83. The quantitative estimate of drug-likeness (QED) is 0.870. The smallest absolute Gasteiger partial charge is 0.154 e. The summed E-state index contributed by atoms with van der Waals surface area (Å²) >= 11 is 5.77. The van der Waals surface area contributed by atoms with Gasteiger partial charge in [-0.25, -0.2) is 8.42 Å². The molecule has 0 fully saturated rings. The van der Waals surface area contributed by atoms with Crippen LogP contribution >= 0.6 is 11.6 Å². The Balaban J connectivity index is 2.99. The molecule has 1 aromatic carbocycles. The van der Waals surface area contributed by atoms with Gasteiger partial charge in [0, 0.05) is 10.8 Å². The maximum Gasteiger partial charge on any atom is 0.154 e. The summed E-state index contributed by atoms with van der Waals surface area (Å²) in [5.74, 6) is 0.0416. The van der Waals surface area contributed by atoms with Gasteiger partial charge < -0.3 is 5.11 Å². The molecule has 0 unspecified atom stereocenters. The van der Waals surface area contributed by atoms with Gasteiger partial charge in [-0.1, -0.05) is 24.6 Å². The fraction of sp³-hybridized carbons (Fsp3) is 0.333. The van der Waals surface area contributed by atoms with E-state index in [0.717, 1.165) is 0 Å². The minimum absolute atomic E-state index is 0.0349. The van der Waals surface area contributed by atoms with Gasteiger partial charge in [0.1, 0.15) is 5.75 Å². The minimum atomic E-state index is -3.07. The monoisotopic (exact) mass is 234 g/mol. The first-order chi connectivity index (χ1) is 6.44. The second kappa shape index (κ2) is 4.19. The molecule has 5 heteroatoms. The maximum absolute atomic E-state index is 11.3. The van der Waals surface area contributed by atoms with Crippen LogP contribution in [-0.4, -0.2) is 19.3 Å². The molecule has 0 aliphatic rings. The zero-order valence-electron chi connectivity index (χ0n) is 7.70. The maximum atomic E-state index is 11.3. The molecule has 1 N–H and O–H groups in total. The Kier molecular flexibility index (Phi) is 3.39. The molecule has 14 heavy (non-hydrogen) atoms. The molecule has 0 aromatic heterocycles. The molecular weight excluding hydrogens is 224 g/mol. The molecule has 0 saturated carbocycles. The van der Waals surface area contributed by atoms with E-state index in [1.54, 1.807) is 6.92 Å². The highest BCUT2D eigenvalue weighted by Gasteiger charge is 2.11. The summed E-state index contributed by atoms with van der Waals surface area (Å²) in [5.41, 5.74) is 0.520. The van der Waals surface area contributed by atoms with E-state index in [-0.39, 0.29) is 22.3 Å². The molecule has 0 heterocycles. The van der Waals surface area contributed by atoms with Gasteiger partial charge in [0.15, 0.2) is 9.84 Å². The Bertz CT molecular complexity index is 426. The van der Waals surface area contributed by atoms with Gasteiger partial charge in [0.05, 0.1) is 5.75 Å². The van der Waals surface area contributed by atoms with Gasteiger partial charge in [-0.3, -0.25) is 0 Å². The summed E-state index contributed by atoms with van der Waals surface area (Å²) in [6.45, 7) is 1.59. The van der Waals surface area contributed by atoms with Crippen LogP contribution in [0.5, 0.6) is 5.75 Å². The molecular formula is C9H11ClO3S. The van der Waals surface area contributed by atoms with Crippen LogP contribution in [0.1, 0.15) is 12.5 Å². The number of phenolic OH excluding ortho intramolecular Hbond substituents is 1. The van der Waals surface area contributed by atoms with Crippen LogP contribution in [0.2, 0.25) is 5.02 Å². The van der Waals surface area contributed by atoms with Crippen LogP contribution in [0.4, 0.5) is 0 Å². The normalized spacial score (nSPS) is 11.6. The first kappa shape index (κ1) is 11.3. The second-order valence-electron chi connectivity index (χ2n) is 2.95. The molecule has 78 valence electrons. The summed E-state index contributed by atoms with van der Waals surface area (Å²) in [6, 6.07) is 4.28. The zero-order valence-corrected chi connectivity index (χ0v) is 9.27. The number of halogens is 1. The van der Waals surface area contributed by atoms with Crippen molar-refractivity contribution in [1.29, 1.82) is 0 Å². The number of rotatable bonds is 3. The SMILES string of the molecule is CCS(=O)(=O)Cc1ccc(O)cc1Cl. The van der Waals surface area contributed by atoms with Gasteiger partial charge in [0.2, 0.25) is 0 Å². The highest BCUT2D eigenvalue weighted by atomic mass is 35.5. The average Bonchev–Trinajstić information content (AvgIpc) is 2.10. The summed E-state index contributed by atoms with van der Waals surface area (Å²) < 4.78 is 22.6. The van der Waals surface area contributed by atoms with E-state index in [0.29, 0.717) is 5.56 Å². The second-order valence-corrected chi connectivity index (χ2v) is 5.71. The predicted octanol–water partition coefficient (Wildman–Crippen LogP) is 1.98. The van der Waals surface area contributed by atoms with Crippen molar-refractivity contribution in [2.75, 3.05) is 5.75 Å². The van der Waals surface area contributed by atoms with Crippen molar-refractivity contribution >= 4 is 21.4 Å². The third-order valence-electron chi connectivity index (χ3n) is 1.85. The summed E-state index contributed by atoms with van der Waals surface area (Å²) in [5, 5.41) is 9.34. The Morgan fingerprint density at radius 3 is 2.57 bits per heavy atom. The lowest BCUT2D eigenvalue weighted by Gasteiger charge is -2.04. The van der Waals surface area contributed by atoms with Crippen LogP contribution in [0.25, 0.3) is 0 Å². The van der Waals surface area contributed by atoms with E-state index in [4.69, 9.17) is 16.7 Å². The van der Waals surface area contributed by atoms with E-state index in [2.05, 4.69) is 0 Å². The number of benzene rings is 1. The zero-order chi connectivity index (χ0) is 10.8. The molecule has 0 aliphatic carbocycles. The van der Waals surface area contributed by atoms with Crippen molar-refractivity contribution < 1.29 is 13.5 Å². The predicted molar refractivity (Wildman–Crippen MR) is 56.3 cm³/mol. The van der Waals surface area contributed by atoms with Crippen molar-refractivity contribution in [2.24, 2.45) is 0 Å². The number of phenols is 1. The van der Waals surface area contributed by atoms with Crippen molar-refractivity contribution in [2.45, 2.75) is 12.7 Å². The van der Waals surface area contributed by atoms with E-state index < -0.39 is 9.84 Å². The fourth-order valence-corrected chi connectivity index (χ4v) is 2.24. The standard InChI is InChI=1S/C9H11ClO3S/c1-2-14(12,13)6-7-3-4-8(11)5-9(7)10/h3-5,11H,2,6H2,1H3. The van der Waals surface area contributed by atoms with E-state index >= 15 is 0 Å². The molecule has 0 radical (unpaired) electrons. The molecule has 0 atom stereocenters. The van der Waals surface area contributed by atoms with Crippen molar-refractivity contribution in [3.63, 3.8) is 0 Å². The van der Waals surface area contributed by atoms with E-state index in [1.165, 1.54) is 18.2 Å². The van der Waals surface area contributed by atoms with Crippen LogP contribution in [0, 0.1) is 0 Å². The Morgan fingerprint density at radius 1 is 1.43 bits per heavy atom. The lowest BCUT2D eigenvalue weighted by atomic mass is 10.2. The Morgan fingerprint density at radius 2 is 2.07 bits per heavy atom. The molecule has 0 aliphatic heterocycles. The lowest BCUT2D eigenvalue weighted by Crippen LogP contribution is -2.06. The molecule has 3 nitrogen and oxygen atoms in total. The first-order valence-electron chi connectivity index (χ1n) is 4.12. The van der Waals surface area contributed by atoms with Crippen molar-refractivity contribution in [3.05, 3.63) is 28.8 Å². The topological polar surface area (TPSA) is 54.4 Å². The van der Waals surface area contributed by atoms with E-state index in [9.17, 15) is 8.42 Å². The average molecular weight is 235 g/mol. The van der Waals surface area contributed by atoms with Gasteiger partial charge in [-0.2, -0.15) is 0 Å². The van der Waals surface area contributed by atoms with Crippen molar-refractivity contribution in [1.82, 2.24) is 0 Å². The highest BCUT2D eigenvalue weighted by molar-refractivity contribution is 7.90. The Labute approximate surface area is 88.2 Å². The van der Waals surface area contributed by atoms with Gasteiger partial charge >= 0.3 is 0 Å². The summed E-state index contributed by atoms with van der Waals surface area (Å²) in [7, 11) is -3.07. The number of hydrogen-bond donors (Lipinski definition) is 1. The Hall–Kier alpha value is -0.740. The van der Waals surface area contributed by atoms with E-state index in [1.807, 2.05) is 0 Å². The molecule has 0 amide bonds. The number of hydrogen-bond acceptors (Lipinski definition) is 3. The fourth-order valence-electron chi connectivity index (χ4n) is 0.992. The molecule has 1 rings (SSSR count). The van der Waals surface area contributed by atoms with Crippen LogP contribution < -0.4 is 0 Å². The van der Waals surface area contributed by atoms with Gasteiger partial charge in [0.25, 0.3) is 0 Å². The lowest BCUT2D eigenvalue weighted by molar-refractivity contribution is 0.475. The largest absolute Gasteiger partial charge is 0.508 e. The highest BCUT2D eigenvalue weighted by Crippen LogP contribution is 2.23. The van der Waals surface area contributed by atoms with Gasteiger partial charge in [-0.15, -0.1) is 0 Å². The number of sulfone groups is 1. The molecule has 1 aromatic rings. The molecule has 0 spiro atoms. The van der Waals surface area contributed by atoms with Crippen molar-refractivity contribution in [3.8, 4) is 5.75 Å². The first-order valence-corrected chi connectivity index (χ1v) is 6.32. The third kappa shape index (κ3) is 2.89. The molecule has 0 saturated heterocycles. The van der Waals surface area contributed by atoms with Gasteiger partial charge in [-0.05, 0) is 17.7 Å². The minimum Gasteiger partial charge on any atom is -0.508 e. The number of aromatic hydroxyl groups is 1.